The Labute approximate surface area is 117 Å². The Bertz CT molecular complexity index is 578. The molecular weight excluding hydrogens is 254 g/mol. The van der Waals surface area contributed by atoms with E-state index in [1.54, 1.807) is 18.3 Å². The highest BCUT2D eigenvalue weighted by Gasteiger charge is 2.06. The number of amides is 1. The van der Waals surface area contributed by atoms with Crippen molar-refractivity contribution in [1.29, 1.82) is 0 Å². The maximum absolute atomic E-state index is 11.9. The van der Waals surface area contributed by atoms with Crippen LogP contribution in [0.15, 0.2) is 24.5 Å². The minimum atomic E-state index is -0.0917. The average Bonchev–Trinajstić information content (AvgIpc) is 2.89. The van der Waals surface area contributed by atoms with E-state index in [0.29, 0.717) is 24.3 Å². The number of carbonyl (C=O) groups excluding carboxylic acids is 1. The van der Waals surface area contributed by atoms with Gasteiger partial charge in [-0.15, -0.1) is 0 Å². The van der Waals surface area contributed by atoms with Gasteiger partial charge >= 0.3 is 0 Å². The summed E-state index contributed by atoms with van der Waals surface area (Å²) in [4.78, 5) is 16.0. The van der Waals surface area contributed by atoms with Gasteiger partial charge in [0.1, 0.15) is 0 Å². The summed E-state index contributed by atoms with van der Waals surface area (Å²) in [5, 5.41) is 9.77. The first-order valence-electron chi connectivity index (χ1n) is 6.62. The number of aryl methyl sites for hydroxylation is 2. The summed E-state index contributed by atoms with van der Waals surface area (Å²) in [6, 6.07) is 3.41. The third-order valence-electron chi connectivity index (χ3n) is 3.13. The fourth-order valence-corrected chi connectivity index (χ4v) is 1.94. The molecule has 0 bridgehead atoms. The number of hydrogen-bond donors (Lipinski definition) is 3. The standard InChI is InChI=1S/C14H19N5O/c1-10-12(9-18-19-10)3-2-5-17-14(20)11-4-6-16-13(7-11)8-15/h4,6-7,9H,2-3,5,8,15H2,1H3,(H,17,20)(H,18,19). The van der Waals surface area contributed by atoms with Crippen molar-refractivity contribution in [3.63, 3.8) is 0 Å². The first kappa shape index (κ1) is 14.2. The van der Waals surface area contributed by atoms with Crippen molar-refractivity contribution in [2.24, 2.45) is 5.73 Å². The highest BCUT2D eigenvalue weighted by molar-refractivity contribution is 5.94. The van der Waals surface area contributed by atoms with E-state index in [-0.39, 0.29) is 5.91 Å². The Hall–Kier alpha value is -2.21. The van der Waals surface area contributed by atoms with E-state index in [9.17, 15) is 4.79 Å². The summed E-state index contributed by atoms with van der Waals surface area (Å²) in [6.07, 6.45) is 5.20. The number of carbonyl (C=O) groups is 1. The summed E-state index contributed by atoms with van der Waals surface area (Å²) in [6.45, 7) is 2.96. The van der Waals surface area contributed by atoms with E-state index >= 15 is 0 Å². The molecule has 0 aliphatic heterocycles. The predicted molar refractivity (Wildman–Crippen MR) is 76.1 cm³/mol. The van der Waals surface area contributed by atoms with Gasteiger partial charge in [-0.2, -0.15) is 5.10 Å². The second-order valence-electron chi connectivity index (χ2n) is 4.62. The maximum atomic E-state index is 11.9. The number of hydrogen-bond acceptors (Lipinski definition) is 4. The lowest BCUT2D eigenvalue weighted by Gasteiger charge is -2.06. The van der Waals surface area contributed by atoms with Gasteiger partial charge in [-0.3, -0.25) is 14.9 Å². The third-order valence-corrected chi connectivity index (χ3v) is 3.13. The molecule has 2 rings (SSSR count). The summed E-state index contributed by atoms with van der Waals surface area (Å²) in [5.41, 5.74) is 9.09. The molecule has 0 saturated heterocycles. The van der Waals surface area contributed by atoms with Crippen molar-refractivity contribution in [2.45, 2.75) is 26.3 Å². The van der Waals surface area contributed by atoms with Gasteiger partial charge in [-0.1, -0.05) is 0 Å². The van der Waals surface area contributed by atoms with Crippen LogP contribution in [0.5, 0.6) is 0 Å². The Balaban J connectivity index is 1.79. The summed E-state index contributed by atoms with van der Waals surface area (Å²) in [7, 11) is 0. The van der Waals surface area contributed by atoms with Crippen LogP contribution in [0, 0.1) is 6.92 Å². The zero-order valence-corrected chi connectivity index (χ0v) is 11.5. The van der Waals surface area contributed by atoms with Gasteiger partial charge in [0.05, 0.1) is 11.9 Å². The molecule has 4 N–H and O–H groups in total. The lowest BCUT2D eigenvalue weighted by Crippen LogP contribution is -2.25. The molecule has 6 nitrogen and oxygen atoms in total. The second kappa shape index (κ2) is 6.81. The van der Waals surface area contributed by atoms with Gasteiger partial charge in [0.2, 0.25) is 0 Å². The fourth-order valence-electron chi connectivity index (χ4n) is 1.94. The SMILES string of the molecule is Cc1[nH]ncc1CCCNC(=O)c1ccnc(CN)c1. The zero-order chi connectivity index (χ0) is 14.4. The van der Waals surface area contributed by atoms with Gasteiger partial charge < -0.3 is 11.1 Å². The lowest BCUT2D eigenvalue weighted by atomic mass is 10.1. The predicted octanol–water partition coefficient (Wildman–Crippen LogP) is 0.934. The van der Waals surface area contributed by atoms with Crippen molar-refractivity contribution in [3.05, 3.63) is 47.0 Å². The summed E-state index contributed by atoms with van der Waals surface area (Å²) < 4.78 is 0. The highest BCUT2D eigenvalue weighted by atomic mass is 16.1. The number of H-pyrrole nitrogens is 1. The van der Waals surface area contributed by atoms with E-state index in [0.717, 1.165) is 18.5 Å². The molecule has 0 unspecified atom stereocenters. The first-order chi connectivity index (χ1) is 9.70. The number of nitrogens with zero attached hydrogens (tertiary/aromatic N) is 2. The van der Waals surface area contributed by atoms with E-state index in [4.69, 9.17) is 5.73 Å². The normalized spacial score (nSPS) is 10.5. The largest absolute Gasteiger partial charge is 0.352 e. The fraction of sp³-hybridized carbons (Fsp3) is 0.357. The minimum absolute atomic E-state index is 0.0917. The lowest BCUT2D eigenvalue weighted by molar-refractivity contribution is 0.0953. The molecule has 0 fully saturated rings. The molecule has 6 heteroatoms. The quantitative estimate of drug-likeness (QED) is 0.682. The zero-order valence-electron chi connectivity index (χ0n) is 11.5. The Morgan fingerprint density at radius 1 is 1.50 bits per heavy atom. The number of aromatic amines is 1. The van der Waals surface area contributed by atoms with Crippen LogP contribution in [0.2, 0.25) is 0 Å². The molecule has 0 radical (unpaired) electrons. The van der Waals surface area contributed by atoms with Crippen molar-refractivity contribution in [3.8, 4) is 0 Å². The molecule has 2 heterocycles. The molecule has 20 heavy (non-hydrogen) atoms. The van der Waals surface area contributed by atoms with Crippen molar-refractivity contribution in [2.75, 3.05) is 6.54 Å². The molecule has 0 aromatic carbocycles. The van der Waals surface area contributed by atoms with Gasteiger partial charge in [-0.25, -0.2) is 0 Å². The number of nitrogens with two attached hydrogens (primary N) is 1. The van der Waals surface area contributed by atoms with Crippen molar-refractivity contribution >= 4 is 5.91 Å². The van der Waals surface area contributed by atoms with Gasteiger partial charge in [0.25, 0.3) is 5.91 Å². The molecular formula is C14H19N5O. The van der Waals surface area contributed by atoms with Crippen LogP contribution in [0.4, 0.5) is 0 Å². The van der Waals surface area contributed by atoms with Crippen molar-refractivity contribution < 1.29 is 4.79 Å². The van der Waals surface area contributed by atoms with E-state index in [1.807, 2.05) is 13.1 Å². The van der Waals surface area contributed by atoms with Gasteiger partial charge in [-0.05, 0) is 37.5 Å². The smallest absolute Gasteiger partial charge is 0.251 e. The Morgan fingerprint density at radius 3 is 3.05 bits per heavy atom. The van der Waals surface area contributed by atoms with Gasteiger partial charge in [0, 0.05) is 30.5 Å². The molecule has 0 spiro atoms. The molecule has 2 aromatic rings. The Kier molecular flexibility index (Phi) is 4.84. The van der Waals surface area contributed by atoms with Crippen LogP contribution >= 0.6 is 0 Å². The molecule has 0 saturated carbocycles. The van der Waals surface area contributed by atoms with Crippen LogP contribution in [0.1, 0.15) is 33.7 Å². The first-order valence-corrected chi connectivity index (χ1v) is 6.62. The van der Waals surface area contributed by atoms with E-state index < -0.39 is 0 Å². The summed E-state index contributed by atoms with van der Waals surface area (Å²) >= 11 is 0. The van der Waals surface area contributed by atoms with Crippen LogP contribution in [0.3, 0.4) is 0 Å². The van der Waals surface area contributed by atoms with Crippen LogP contribution in [-0.2, 0) is 13.0 Å². The van der Waals surface area contributed by atoms with Gasteiger partial charge in [0.15, 0.2) is 0 Å². The van der Waals surface area contributed by atoms with Crippen LogP contribution < -0.4 is 11.1 Å². The number of aromatic nitrogens is 3. The average molecular weight is 273 g/mol. The number of rotatable bonds is 6. The minimum Gasteiger partial charge on any atom is -0.352 e. The second-order valence-corrected chi connectivity index (χ2v) is 4.62. The number of nitrogens with one attached hydrogen (secondary N) is 2. The van der Waals surface area contributed by atoms with Crippen LogP contribution in [0.25, 0.3) is 0 Å². The highest BCUT2D eigenvalue weighted by Crippen LogP contribution is 2.05. The van der Waals surface area contributed by atoms with E-state index in [1.165, 1.54) is 5.56 Å². The molecule has 0 aliphatic rings. The number of pyridine rings is 1. The van der Waals surface area contributed by atoms with Crippen molar-refractivity contribution in [1.82, 2.24) is 20.5 Å². The Morgan fingerprint density at radius 2 is 2.35 bits per heavy atom. The molecule has 106 valence electrons. The monoisotopic (exact) mass is 273 g/mol. The molecule has 0 atom stereocenters. The topological polar surface area (TPSA) is 96.7 Å². The summed E-state index contributed by atoms with van der Waals surface area (Å²) in [5.74, 6) is -0.0917. The molecule has 0 aliphatic carbocycles. The van der Waals surface area contributed by atoms with E-state index in [2.05, 4.69) is 20.5 Å². The van der Waals surface area contributed by atoms with Crippen LogP contribution in [-0.4, -0.2) is 27.6 Å². The third kappa shape index (κ3) is 3.64. The molecule has 1 amide bonds. The maximum Gasteiger partial charge on any atom is 0.251 e. The molecule has 2 aromatic heterocycles.